The number of nitro benzene ring substituents is 1. The summed E-state index contributed by atoms with van der Waals surface area (Å²) in [6.07, 6.45) is 0.736. The minimum Gasteiger partial charge on any atom is -0.493 e. The molecule has 0 unspecified atom stereocenters. The number of non-ortho nitro benzene ring substituents is 1. The van der Waals surface area contributed by atoms with Crippen LogP contribution < -0.4 is 5.32 Å². The third-order valence-electron chi connectivity index (χ3n) is 4.34. The Bertz CT molecular complexity index is 1090. The van der Waals surface area contributed by atoms with E-state index >= 15 is 0 Å². The third kappa shape index (κ3) is 4.77. The normalized spacial score (nSPS) is 11.2. The van der Waals surface area contributed by atoms with Gasteiger partial charge in [0.2, 0.25) is 5.88 Å². The molecule has 150 valence electrons. The van der Waals surface area contributed by atoms with Gasteiger partial charge in [0.25, 0.3) is 11.6 Å². The summed E-state index contributed by atoms with van der Waals surface area (Å²) < 4.78 is 2.42. The number of nitro groups is 1. The zero-order chi connectivity index (χ0) is 21.0. The summed E-state index contributed by atoms with van der Waals surface area (Å²) in [7, 11) is 1.60. The molecule has 0 spiro atoms. The molecule has 0 aliphatic rings. The molecule has 1 amide bonds. The molecule has 3 aromatic rings. The van der Waals surface area contributed by atoms with Crippen molar-refractivity contribution in [2.75, 3.05) is 11.9 Å². The van der Waals surface area contributed by atoms with Crippen molar-refractivity contribution in [1.82, 2.24) is 4.57 Å². The van der Waals surface area contributed by atoms with Crippen LogP contribution in [0.15, 0.2) is 57.2 Å². The molecular weight excluding hydrogens is 442 g/mol. The number of hydrogen-bond donors (Lipinski definition) is 2. The van der Waals surface area contributed by atoms with Gasteiger partial charge in [-0.25, -0.2) is 0 Å². The lowest BCUT2D eigenvalue weighted by Gasteiger charge is -2.04. The summed E-state index contributed by atoms with van der Waals surface area (Å²) in [5, 5.41) is 32.3. The second-order valence-electron chi connectivity index (χ2n) is 6.32. The molecule has 0 aliphatic carbocycles. The number of hydrogen-bond acceptors (Lipinski definition) is 6. The van der Waals surface area contributed by atoms with Crippen molar-refractivity contribution in [2.24, 2.45) is 17.3 Å². The van der Waals surface area contributed by atoms with E-state index in [1.54, 1.807) is 7.05 Å². The van der Waals surface area contributed by atoms with Crippen LogP contribution in [0.3, 0.4) is 0 Å². The number of carbonyl (C=O) groups is 1. The van der Waals surface area contributed by atoms with E-state index in [0.29, 0.717) is 23.9 Å². The zero-order valence-corrected chi connectivity index (χ0v) is 17.1. The first kappa shape index (κ1) is 20.5. The maximum absolute atomic E-state index is 12.0. The maximum atomic E-state index is 12.0. The van der Waals surface area contributed by atoms with Crippen LogP contribution in [0.5, 0.6) is 5.88 Å². The molecule has 0 bridgehead atoms. The number of halogens is 1. The lowest BCUT2D eigenvalue weighted by molar-refractivity contribution is -0.384. The molecule has 2 N–H and O–H groups in total. The molecule has 10 heteroatoms. The smallest absolute Gasteiger partial charge is 0.270 e. The van der Waals surface area contributed by atoms with Crippen molar-refractivity contribution < 1.29 is 14.8 Å². The molecule has 2 aromatic carbocycles. The van der Waals surface area contributed by atoms with Gasteiger partial charge in [-0.05, 0) is 36.8 Å². The first-order chi connectivity index (χ1) is 13.9. The number of anilines is 1. The maximum Gasteiger partial charge on any atom is 0.270 e. The minimum absolute atomic E-state index is 0.0348. The molecule has 0 saturated carbocycles. The molecule has 1 aromatic heterocycles. The highest BCUT2D eigenvalue weighted by Gasteiger charge is 2.18. The molecule has 9 nitrogen and oxygen atoms in total. The lowest BCUT2D eigenvalue weighted by atomic mass is 10.2. The van der Waals surface area contributed by atoms with Crippen LogP contribution in [-0.2, 0) is 11.8 Å². The number of nitrogens with zero attached hydrogens (tertiary/aromatic N) is 4. The van der Waals surface area contributed by atoms with E-state index in [-0.39, 0.29) is 23.7 Å². The average Bonchev–Trinajstić information content (AvgIpc) is 2.94. The topological polar surface area (TPSA) is 122 Å². The number of aromatic hydroxyl groups is 1. The number of amides is 1. The number of rotatable bonds is 7. The largest absolute Gasteiger partial charge is 0.493 e. The fraction of sp³-hybridized carbons (Fsp3) is 0.211. The fourth-order valence-electron chi connectivity index (χ4n) is 2.81. The van der Waals surface area contributed by atoms with Gasteiger partial charge in [0.15, 0.2) is 5.69 Å². The van der Waals surface area contributed by atoms with Gasteiger partial charge in [0.1, 0.15) is 0 Å². The Labute approximate surface area is 174 Å². The van der Waals surface area contributed by atoms with Crippen LogP contribution in [0.2, 0.25) is 0 Å². The lowest BCUT2D eigenvalue weighted by Crippen LogP contribution is -2.03. The van der Waals surface area contributed by atoms with Gasteiger partial charge < -0.3 is 15.0 Å². The van der Waals surface area contributed by atoms with Crippen LogP contribution in [0.1, 0.15) is 12.8 Å². The molecule has 3 rings (SSSR count). The number of aromatic nitrogens is 1. The number of nitrogens with one attached hydrogen (secondary N) is 1. The second kappa shape index (κ2) is 8.82. The first-order valence-electron chi connectivity index (χ1n) is 8.76. The van der Waals surface area contributed by atoms with Crippen LogP contribution in [-0.4, -0.2) is 27.0 Å². The Kier molecular flexibility index (Phi) is 6.23. The minimum atomic E-state index is -0.534. The highest BCUT2D eigenvalue weighted by Crippen LogP contribution is 2.39. The van der Waals surface area contributed by atoms with E-state index in [0.717, 1.165) is 10.2 Å². The Morgan fingerprint density at radius 3 is 2.69 bits per heavy atom. The highest BCUT2D eigenvalue weighted by atomic mass is 79.9. The van der Waals surface area contributed by atoms with Crippen LogP contribution in [0.25, 0.3) is 10.9 Å². The van der Waals surface area contributed by atoms with Gasteiger partial charge in [-0.2, -0.15) is 0 Å². The van der Waals surface area contributed by atoms with Gasteiger partial charge >= 0.3 is 0 Å². The van der Waals surface area contributed by atoms with Crippen molar-refractivity contribution >= 4 is 49.8 Å². The molecular formula is C19H18BrN5O4. The van der Waals surface area contributed by atoms with Gasteiger partial charge in [-0.1, -0.05) is 15.9 Å². The van der Waals surface area contributed by atoms with E-state index in [9.17, 15) is 20.0 Å². The predicted molar refractivity (Wildman–Crippen MR) is 113 cm³/mol. The Hall–Kier alpha value is -3.27. The summed E-state index contributed by atoms with van der Waals surface area (Å²) >= 11 is 3.37. The van der Waals surface area contributed by atoms with E-state index in [1.807, 2.05) is 24.3 Å². The quantitative estimate of drug-likeness (QED) is 0.221. The summed E-state index contributed by atoms with van der Waals surface area (Å²) in [4.78, 5) is 22.5. The Morgan fingerprint density at radius 2 is 2.00 bits per heavy atom. The molecule has 0 atom stereocenters. The number of carbonyl (C=O) groups excluding carboxylic acids is 1. The van der Waals surface area contributed by atoms with Gasteiger partial charge in [0.05, 0.1) is 10.4 Å². The average molecular weight is 460 g/mol. The van der Waals surface area contributed by atoms with E-state index in [1.165, 1.54) is 22.8 Å². The summed E-state index contributed by atoms with van der Waals surface area (Å²) in [6, 6.07) is 11.8. The van der Waals surface area contributed by atoms with Crippen molar-refractivity contribution in [2.45, 2.75) is 12.8 Å². The second-order valence-corrected chi connectivity index (χ2v) is 7.24. The van der Waals surface area contributed by atoms with Crippen LogP contribution in [0.4, 0.5) is 17.1 Å². The molecule has 0 aliphatic heterocycles. The van der Waals surface area contributed by atoms with Gasteiger partial charge in [-0.3, -0.25) is 14.9 Å². The Morgan fingerprint density at radius 1 is 1.28 bits per heavy atom. The molecule has 0 radical (unpaired) electrons. The molecule has 29 heavy (non-hydrogen) atoms. The number of aryl methyl sites for hydroxylation is 1. The predicted octanol–water partition coefficient (Wildman–Crippen LogP) is 5.06. The van der Waals surface area contributed by atoms with Gasteiger partial charge in [-0.15, -0.1) is 10.2 Å². The number of benzene rings is 2. The highest BCUT2D eigenvalue weighted by molar-refractivity contribution is 9.10. The summed E-state index contributed by atoms with van der Waals surface area (Å²) in [6.45, 7) is 0.592. The number of azo groups is 1. The summed E-state index contributed by atoms with van der Waals surface area (Å²) in [5.41, 5.74) is 1.40. The molecule has 0 fully saturated rings. The fourth-order valence-corrected chi connectivity index (χ4v) is 3.07. The first-order valence-corrected chi connectivity index (χ1v) is 9.56. The van der Waals surface area contributed by atoms with Crippen molar-refractivity contribution in [3.63, 3.8) is 0 Å². The Balaban J connectivity index is 1.64. The van der Waals surface area contributed by atoms with E-state index in [2.05, 4.69) is 31.5 Å². The van der Waals surface area contributed by atoms with Crippen molar-refractivity contribution in [3.8, 4) is 5.88 Å². The zero-order valence-electron chi connectivity index (χ0n) is 15.5. The SMILES string of the molecule is Cn1c(O)c(N=NC(=O)CCCNc2ccc(Br)cc2)c2cc([N+](=O)[O-])ccc21. The molecule has 0 saturated heterocycles. The van der Waals surface area contributed by atoms with Crippen LogP contribution in [0, 0.1) is 10.1 Å². The third-order valence-corrected chi connectivity index (χ3v) is 4.87. The monoisotopic (exact) mass is 459 g/mol. The van der Waals surface area contributed by atoms with E-state index in [4.69, 9.17) is 0 Å². The summed E-state index contributed by atoms with van der Waals surface area (Å²) in [5.74, 6) is -0.654. The van der Waals surface area contributed by atoms with Crippen molar-refractivity contribution in [3.05, 3.63) is 57.1 Å². The van der Waals surface area contributed by atoms with Crippen LogP contribution >= 0.6 is 15.9 Å². The molecule has 1 heterocycles. The number of fused-ring (bicyclic) bond motifs is 1. The van der Waals surface area contributed by atoms with Crippen molar-refractivity contribution in [1.29, 1.82) is 0 Å². The van der Waals surface area contributed by atoms with E-state index < -0.39 is 10.8 Å². The van der Waals surface area contributed by atoms with Gasteiger partial charge in [0, 0.05) is 47.7 Å². The standard InChI is InChI=1S/C19H18BrN5O4/c1-24-16-9-8-14(25(28)29)11-15(16)18(19(24)27)23-22-17(26)3-2-10-21-13-6-4-12(20)5-7-13/h4-9,11,21,27H,2-3,10H2,1H3.